The first-order valence-corrected chi connectivity index (χ1v) is 10.7. The number of thiazole rings is 1. The van der Waals surface area contributed by atoms with Gasteiger partial charge in [0.05, 0.1) is 29.3 Å². The van der Waals surface area contributed by atoms with Gasteiger partial charge in [-0.2, -0.15) is 8.42 Å². The van der Waals surface area contributed by atoms with Crippen molar-refractivity contribution in [2.45, 2.75) is 16.2 Å². The van der Waals surface area contributed by atoms with Crippen molar-refractivity contribution >= 4 is 43.4 Å². The average Bonchev–Trinajstić information content (AvgIpc) is 3.05. The van der Waals surface area contributed by atoms with Crippen LogP contribution in [0.5, 0.6) is 5.75 Å². The molecule has 0 saturated carbocycles. The van der Waals surface area contributed by atoms with E-state index in [1.165, 1.54) is 16.8 Å². The van der Waals surface area contributed by atoms with E-state index in [0.29, 0.717) is 0 Å². The lowest BCUT2D eigenvalue weighted by atomic mass is 10.2. The fourth-order valence-electron chi connectivity index (χ4n) is 1.90. The van der Waals surface area contributed by atoms with Gasteiger partial charge in [-0.15, -0.1) is 11.3 Å². The lowest BCUT2D eigenvalue weighted by Gasteiger charge is -2.00. The van der Waals surface area contributed by atoms with Crippen molar-refractivity contribution in [2.24, 2.45) is 0 Å². The van der Waals surface area contributed by atoms with Crippen LogP contribution in [0.25, 0.3) is 10.2 Å². The maximum atomic E-state index is 11.1. The molecule has 3 aromatic rings. The summed E-state index contributed by atoms with van der Waals surface area (Å²) in [7, 11) is -0.697. The number of aromatic nitrogens is 1. The zero-order valence-corrected chi connectivity index (χ0v) is 16.8. The fourth-order valence-corrected chi connectivity index (χ4v) is 4.03. The summed E-state index contributed by atoms with van der Waals surface area (Å²) in [5, 5.41) is 0. The number of hydrogen-bond acceptors (Lipinski definition) is 7. The highest BCUT2D eigenvalue weighted by Gasteiger charge is 2.11. The number of benzene rings is 2. The van der Waals surface area contributed by atoms with Gasteiger partial charge >= 0.3 is 0 Å². The molecule has 0 saturated heterocycles. The van der Waals surface area contributed by atoms with E-state index in [9.17, 15) is 8.42 Å². The highest BCUT2D eigenvalue weighted by molar-refractivity contribution is 8.00. The molecule has 1 heterocycles. The molecule has 0 unspecified atom stereocenters. The van der Waals surface area contributed by atoms with Crippen LogP contribution in [0.1, 0.15) is 5.56 Å². The van der Waals surface area contributed by atoms with Crippen molar-refractivity contribution in [3.63, 3.8) is 0 Å². The van der Waals surface area contributed by atoms with Crippen LogP contribution in [0.4, 0.5) is 0 Å². The molecule has 0 amide bonds. The summed E-state index contributed by atoms with van der Waals surface area (Å²) in [6.45, 7) is 1.89. The van der Waals surface area contributed by atoms with E-state index < -0.39 is 10.1 Å². The smallest absolute Gasteiger partial charge is 0.296 e. The summed E-state index contributed by atoms with van der Waals surface area (Å²) in [5.41, 5.74) is 2.04. The molecule has 3 rings (SSSR count). The summed E-state index contributed by atoms with van der Waals surface area (Å²) < 4.78 is 34.0. The molecule has 134 valence electrons. The first kappa shape index (κ1) is 19.7. The Morgan fingerprint density at radius 2 is 1.76 bits per heavy atom. The molecule has 5 nitrogen and oxygen atoms in total. The molecule has 0 N–H and O–H groups in total. The third-order valence-corrected chi connectivity index (χ3v) is 6.59. The third kappa shape index (κ3) is 5.18. The number of fused-ring (bicyclic) bond motifs is 1. The maximum Gasteiger partial charge on any atom is 0.296 e. The predicted octanol–water partition coefficient (Wildman–Crippen LogP) is 4.36. The Bertz CT molecular complexity index is 932. The molecule has 0 atom stereocenters. The second kappa shape index (κ2) is 8.66. The van der Waals surface area contributed by atoms with E-state index >= 15 is 0 Å². The molecule has 0 aliphatic heterocycles. The van der Waals surface area contributed by atoms with Crippen LogP contribution in [0.3, 0.4) is 0 Å². The minimum absolute atomic E-state index is 0.190. The minimum Gasteiger partial charge on any atom is -0.497 e. The minimum atomic E-state index is -3.51. The first-order valence-electron chi connectivity index (χ1n) is 7.25. The number of methoxy groups -OCH3 is 1. The van der Waals surface area contributed by atoms with Gasteiger partial charge in [0.2, 0.25) is 0 Å². The Kier molecular flexibility index (Phi) is 6.83. The van der Waals surface area contributed by atoms with Gasteiger partial charge in [0, 0.05) is 6.07 Å². The van der Waals surface area contributed by atoms with Crippen LogP contribution >= 0.6 is 23.1 Å². The zero-order chi connectivity index (χ0) is 18.4. The largest absolute Gasteiger partial charge is 0.497 e. The monoisotopic (exact) mass is 397 g/mol. The number of hydrogen-bond donors (Lipinski definition) is 0. The molecule has 0 radical (unpaired) electrons. The van der Waals surface area contributed by atoms with Crippen LogP contribution in [0.2, 0.25) is 0 Å². The summed E-state index contributed by atoms with van der Waals surface area (Å²) in [5.74, 6) is 0.866. The van der Waals surface area contributed by atoms with Gasteiger partial charge in [0.15, 0.2) is 4.34 Å². The second-order valence-electron chi connectivity index (χ2n) is 4.95. The van der Waals surface area contributed by atoms with Gasteiger partial charge in [0.25, 0.3) is 10.1 Å². The third-order valence-electron chi connectivity index (χ3n) is 3.28. The molecule has 25 heavy (non-hydrogen) atoms. The predicted molar refractivity (Wildman–Crippen MR) is 103 cm³/mol. The quantitative estimate of drug-likeness (QED) is 0.481. The number of ether oxygens (including phenoxy) is 1. The van der Waals surface area contributed by atoms with Crippen molar-refractivity contribution in [2.75, 3.05) is 20.5 Å². The molecular weight excluding hydrogens is 378 g/mol. The Balaban J connectivity index is 0.000000181. The fraction of sp³-hybridized carbons (Fsp3) is 0.235. The van der Waals surface area contributed by atoms with Crippen LogP contribution in [0, 0.1) is 6.92 Å². The van der Waals surface area contributed by atoms with Crippen LogP contribution in [-0.4, -0.2) is 33.9 Å². The van der Waals surface area contributed by atoms with Gasteiger partial charge < -0.3 is 4.74 Å². The van der Waals surface area contributed by atoms with Gasteiger partial charge in [-0.25, -0.2) is 4.98 Å². The number of aryl methyl sites for hydroxylation is 1. The lowest BCUT2D eigenvalue weighted by molar-refractivity contribution is 0.398. The summed E-state index contributed by atoms with van der Waals surface area (Å²) >= 11 is 3.39. The van der Waals surface area contributed by atoms with E-state index in [4.69, 9.17) is 4.74 Å². The Hall–Kier alpha value is -1.61. The number of nitrogens with zero attached hydrogens (tertiary/aromatic N) is 1. The Morgan fingerprint density at radius 3 is 2.32 bits per heavy atom. The van der Waals surface area contributed by atoms with E-state index in [2.05, 4.69) is 9.17 Å². The van der Waals surface area contributed by atoms with Gasteiger partial charge in [-0.1, -0.05) is 29.5 Å². The van der Waals surface area contributed by atoms with Crippen molar-refractivity contribution in [3.8, 4) is 5.75 Å². The standard InChI is InChI=1S/C9H9NOS2.C8H10O3S/c1-11-6-3-4-8-7(5-6)10-9(12-2)13-8;1-7-3-5-8(6-4-7)12(9,10)11-2/h3-5H,1-2H3;3-6H,1-2H3. The van der Waals surface area contributed by atoms with Gasteiger partial charge in [-0.05, 0) is 37.4 Å². The van der Waals surface area contributed by atoms with Crippen LogP contribution in [0.15, 0.2) is 51.7 Å². The Morgan fingerprint density at radius 1 is 1.08 bits per heavy atom. The van der Waals surface area contributed by atoms with E-state index in [1.54, 1.807) is 42.3 Å². The molecule has 0 aliphatic rings. The molecule has 2 aromatic carbocycles. The molecule has 8 heteroatoms. The van der Waals surface area contributed by atoms with Crippen LogP contribution < -0.4 is 4.74 Å². The highest BCUT2D eigenvalue weighted by Crippen LogP contribution is 2.30. The van der Waals surface area contributed by atoms with Gasteiger partial charge in [0.1, 0.15) is 5.75 Å². The molecule has 0 spiro atoms. The Labute approximate surface area is 156 Å². The molecule has 1 aromatic heterocycles. The summed E-state index contributed by atoms with van der Waals surface area (Å²) in [6.07, 6.45) is 2.04. The van der Waals surface area contributed by atoms with Crippen LogP contribution in [-0.2, 0) is 14.3 Å². The first-order chi connectivity index (χ1) is 11.9. The second-order valence-corrected chi connectivity index (χ2v) is 8.75. The number of rotatable bonds is 4. The highest BCUT2D eigenvalue weighted by atomic mass is 32.2. The summed E-state index contributed by atoms with van der Waals surface area (Å²) in [4.78, 5) is 4.63. The van der Waals surface area contributed by atoms with E-state index in [-0.39, 0.29) is 4.90 Å². The molecule has 0 aliphatic carbocycles. The van der Waals surface area contributed by atoms with E-state index in [1.807, 2.05) is 31.4 Å². The summed E-state index contributed by atoms with van der Waals surface area (Å²) in [6, 6.07) is 12.5. The maximum absolute atomic E-state index is 11.1. The van der Waals surface area contributed by atoms with E-state index in [0.717, 1.165) is 28.3 Å². The van der Waals surface area contributed by atoms with Crippen molar-refractivity contribution in [1.29, 1.82) is 0 Å². The average molecular weight is 398 g/mol. The number of thioether (sulfide) groups is 1. The molecule has 0 fully saturated rings. The molecule has 0 bridgehead atoms. The topological polar surface area (TPSA) is 65.5 Å². The SMILES string of the molecule is COS(=O)(=O)c1ccc(C)cc1.COc1ccc2sc(SC)nc2c1. The van der Waals surface area contributed by atoms with Crippen molar-refractivity contribution in [1.82, 2.24) is 4.98 Å². The zero-order valence-electron chi connectivity index (χ0n) is 14.3. The van der Waals surface area contributed by atoms with Gasteiger partial charge in [-0.3, -0.25) is 4.18 Å². The lowest BCUT2D eigenvalue weighted by Crippen LogP contribution is -2.02. The normalized spacial score (nSPS) is 11.0. The van der Waals surface area contributed by atoms with Crippen molar-refractivity contribution < 1.29 is 17.3 Å². The molecular formula is C17H19NO4S3. The van der Waals surface area contributed by atoms with Crippen molar-refractivity contribution in [3.05, 3.63) is 48.0 Å².